The molecule has 0 unspecified atom stereocenters. The number of ether oxygens (including phenoxy) is 1. The van der Waals surface area contributed by atoms with Gasteiger partial charge in [-0.3, -0.25) is 4.40 Å². The molecule has 0 saturated carbocycles. The average molecular weight is 356 g/mol. The Morgan fingerprint density at radius 2 is 1.74 bits per heavy atom. The summed E-state index contributed by atoms with van der Waals surface area (Å²) < 4.78 is 7.61. The molecule has 0 aliphatic heterocycles. The molecular weight excluding hydrogens is 336 g/mol. The molecule has 0 saturated heterocycles. The lowest BCUT2D eigenvalue weighted by Crippen LogP contribution is -1.90. The first-order valence-electron chi connectivity index (χ1n) is 8.94. The molecule has 4 aromatic rings. The topological polar surface area (TPSA) is 51.2 Å². The van der Waals surface area contributed by atoms with Crippen LogP contribution in [0.4, 0.5) is 11.5 Å². The standard InChI is InChI=1S/C22H20N4O/c1-3-27-19-12-8-7-11-18(19)24-25-22-21(17-9-5-4-6-10-17)23-20-15-16(2)13-14-26(20)22/h4-15H,3H2,1-2H3. The normalized spacial score (nSPS) is 11.3. The van der Waals surface area contributed by atoms with E-state index in [-0.39, 0.29) is 0 Å². The fourth-order valence-electron chi connectivity index (χ4n) is 2.94. The second-order valence-electron chi connectivity index (χ2n) is 6.18. The second-order valence-corrected chi connectivity index (χ2v) is 6.18. The minimum Gasteiger partial charge on any atom is -0.492 e. The number of hydrogen-bond donors (Lipinski definition) is 0. The van der Waals surface area contributed by atoms with E-state index in [0.29, 0.717) is 18.1 Å². The molecule has 0 bridgehead atoms. The fourth-order valence-corrected chi connectivity index (χ4v) is 2.94. The van der Waals surface area contributed by atoms with Crippen molar-refractivity contribution in [2.45, 2.75) is 13.8 Å². The first kappa shape index (κ1) is 17.0. The van der Waals surface area contributed by atoms with Crippen LogP contribution in [0.3, 0.4) is 0 Å². The molecule has 2 aromatic carbocycles. The van der Waals surface area contributed by atoms with Gasteiger partial charge in [-0.1, -0.05) is 42.5 Å². The number of imidazole rings is 1. The van der Waals surface area contributed by atoms with Gasteiger partial charge in [0.25, 0.3) is 0 Å². The molecule has 0 aliphatic rings. The van der Waals surface area contributed by atoms with Gasteiger partial charge >= 0.3 is 0 Å². The zero-order valence-electron chi connectivity index (χ0n) is 15.3. The van der Waals surface area contributed by atoms with Gasteiger partial charge in [0.1, 0.15) is 22.8 Å². The highest BCUT2D eigenvalue weighted by molar-refractivity contribution is 5.74. The first-order chi connectivity index (χ1) is 13.3. The Hall–Kier alpha value is -3.47. The molecule has 134 valence electrons. The molecule has 5 nitrogen and oxygen atoms in total. The monoisotopic (exact) mass is 356 g/mol. The second kappa shape index (κ2) is 7.41. The molecule has 0 spiro atoms. The van der Waals surface area contributed by atoms with Crippen LogP contribution < -0.4 is 4.74 Å². The highest BCUT2D eigenvalue weighted by Crippen LogP contribution is 2.34. The predicted molar refractivity (Wildman–Crippen MR) is 107 cm³/mol. The first-order valence-corrected chi connectivity index (χ1v) is 8.94. The third-order valence-electron chi connectivity index (χ3n) is 4.22. The van der Waals surface area contributed by atoms with Crippen LogP contribution in [0, 0.1) is 6.92 Å². The number of rotatable bonds is 5. The molecule has 0 radical (unpaired) electrons. The third-order valence-corrected chi connectivity index (χ3v) is 4.22. The summed E-state index contributed by atoms with van der Waals surface area (Å²) >= 11 is 0. The van der Waals surface area contributed by atoms with Crippen molar-refractivity contribution in [1.82, 2.24) is 9.38 Å². The van der Waals surface area contributed by atoms with Crippen LogP contribution in [-0.2, 0) is 0 Å². The number of azo groups is 1. The summed E-state index contributed by atoms with van der Waals surface area (Å²) in [6, 6.07) is 21.8. The van der Waals surface area contributed by atoms with Crippen LogP contribution >= 0.6 is 0 Å². The van der Waals surface area contributed by atoms with Crippen molar-refractivity contribution < 1.29 is 4.74 Å². The van der Waals surface area contributed by atoms with Crippen LogP contribution in [0.2, 0.25) is 0 Å². The lowest BCUT2D eigenvalue weighted by atomic mass is 10.1. The highest BCUT2D eigenvalue weighted by Gasteiger charge is 2.14. The van der Waals surface area contributed by atoms with Crippen molar-refractivity contribution in [2.75, 3.05) is 6.61 Å². The summed E-state index contributed by atoms with van der Waals surface area (Å²) in [6.45, 7) is 4.58. The van der Waals surface area contributed by atoms with E-state index in [2.05, 4.69) is 17.2 Å². The summed E-state index contributed by atoms with van der Waals surface area (Å²) in [7, 11) is 0. The van der Waals surface area contributed by atoms with Crippen molar-refractivity contribution >= 4 is 17.2 Å². The maximum Gasteiger partial charge on any atom is 0.187 e. The Morgan fingerprint density at radius 3 is 2.56 bits per heavy atom. The molecule has 0 aliphatic carbocycles. The minimum atomic E-state index is 0.580. The van der Waals surface area contributed by atoms with E-state index in [4.69, 9.17) is 9.72 Å². The number of para-hydroxylation sites is 1. The number of pyridine rings is 1. The highest BCUT2D eigenvalue weighted by atomic mass is 16.5. The number of aryl methyl sites for hydroxylation is 1. The molecule has 27 heavy (non-hydrogen) atoms. The average Bonchev–Trinajstić information content (AvgIpc) is 3.06. The van der Waals surface area contributed by atoms with Crippen LogP contribution in [0.1, 0.15) is 12.5 Å². The quantitative estimate of drug-likeness (QED) is 0.404. The largest absolute Gasteiger partial charge is 0.492 e. The van der Waals surface area contributed by atoms with E-state index in [1.54, 1.807) is 0 Å². The summed E-state index contributed by atoms with van der Waals surface area (Å²) in [6.07, 6.45) is 1.98. The molecule has 2 heterocycles. The summed E-state index contributed by atoms with van der Waals surface area (Å²) in [5.41, 5.74) is 4.50. The van der Waals surface area contributed by atoms with Crippen molar-refractivity contribution in [3.63, 3.8) is 0 Å². The van der Waals surface area contributed by atoms with Crippen molar-refractivity contribution in [1.29, 1.82) is 0 Å². The van der Waals surface area contributed by atoms with Crippen LogP contribution in [-0.4, -0.2) is 16.0 Å². The van der Waals surface area contributed by atoms with E-state index in [1.807, 2.05) is 84.3 Å². The van der Waals surface area contributed by atoms with Gasteiger partial charge in [0.15, 0.2) is 5.82 Å². The number of fused-ring (bicyclic) bond motifs is 1. The Morgan fingerprint density at radius 1 is 0.963 bits per heavy atom. The predicted octanol–water partition coefficient (Wildman–Crippen LogP) is 6.12. The molecular formula is C22H20N4O. The summed E-state index contributed by atoms with van der Waals surface area (Å²) in [5.74, 6) is 1.41. The van der Waals surface area contributed by atoms with Gasteiger partial charge in [-0.05, 0) is 43.7 Å². The molecule has 4 rings (SSSR count). The van der Waals surface area contributed by atoms with Gasteiger partial charge in [-0.25, -0.2) is 4.98 Å². The lowest BCUT2D eigenvalue weighted by Gasteiger charge is -2.05. The van der Waals surface area contributed by atoms with Crippen molar-refractivity contribution in [3.05, 3.63) is 78.5 Å². The van der Waals surface area contributed by atoms with Gasteiger partial charge in [-0.15, -0.1) is 10.2 Å². The number of hydrogen-bond acceptors (Lipinski definition) is 4. The zero-order valence-corrected chi connectivity index (χ0v) is 15.3. The SMILES string of the molecule is CCOc1ccccc1N=Nc1c(-c2ccccc2)nc2cc(C)ccn12. The Labute approximate surface area is 158 Å². The number of nitrogens with zero attached hydrogens (tertiary/aromatic N) is 4. The van der Waals surface area contributed by atoms with Gasteiger partial charge in [-0.2, -0.15) is 0 Å². The minimum absolute atomic E-state index is 0.580. The van der Waals surface area contributed by atoms with E-state index in [1.165, 1.54) is 0 Å². The molecule has 0 amide bonds. The van der Waals surface area contributed by atoms with Gasteiger partial charge in [0.05, 0.1) is 6.61 Å². The maximum atomic E-state index is 5.65. The Bertz CT molecular complexity index is 1100. The smallest absolute Gasteiger partial charge is 0.187 e. The third kappa shape index (κ3) is 3.44. The molecule has 5 heteroatoms. The van der Waals surface area contributed by atoms with Crippen LogP contribution in [0.25, 0.3) is 16.9 Å². The van der Waals surface area contributed by atoms with E-state index in [9.17, 15) is 0 Å². The van der Waals surface area contributed by atoms with Gasteiger partial charge in [0, 0.05) is 11.8 Å². The van der Waals surface area contributed by atoms with E-state index >= 15 is 0 Å². The van der Waals surface area contributed by atoms with E-state index in [0.717, 1.165) is 28.2 Å². The van der Waals surface area contributed by atoms with Gasteiger partial charge < -0.3 is 4.74 Å². The summed E-state index contributed by atoms with van der Waals surface area (Å²) in [5, 5.41) is 9.02. The van der Waals surface area contributed by atoms with Crippen LogP contribution in [0.5, 0.6) is 5.75 Å². The van der Waals surface area contributed by atoms with Crippen molar-refractivity contribution in [2.24, 2.45) is 10.2 Å². The zero-order chi connectivity index (χ0) is 18.6. The van der Waals surface area contributed by atoms with Crippen molar-refractivity contribution in [3.8, 4) is 17.0 Å². The Balaban J connectivity index is 1.85. The molecule has 0 atom stereocenters. The fraction of sp³-hybridized carbons (Fsp3) is 0.136. The van der Waals surface area contributed by atoms with Crippen LogP contribution in [0.15, 0.2) is 83.2 Å². The Kier molecular flexibility index (Phi) is 4.66. The number of aromatic nitrogens is 2. The summed E-state index contributed by atoms with van der Waals surface area (Å²) in [4.78, 5) is 4.79. The number of benzene rings is 2. The van der Waals surface area contributed by atoms with E-state index < -0.39 is 0 Å². The van der Waals surface area contributed by atoms with Gasteiger partial charge in [0.2, 0.25) is 0 Å². The lowest BCUT2D eigenvalue weighted by molar-refractivity contribution is 0.341. The maximum absolute atomic E-state index is 5.65. The molecule has 0 N–H and O–H groups in total. The molecule has 0 fully saturated rings. The molecule has 2 aromatic heterocycles.